The molecule has 4 heteroatoms. The second kappa shape index (κ2) is 4.54. The summed E-state index contributed by atoms with van der Waals surface area (Å²) < 4.78 is 12.1. The van der Waals surface area contributed by atoms with Crippen LogP contribution in [0.25, 0.3) is 0 Å². The van der Waals surface area contributed by atoms with E-state index in [2.05, 4.69) is 0 Å². The van der Waals surface area contributed by atoms with Crippen molar-refractivity contribution in [2.75, 3.05) is 5.73 Å². The van der Waals surface area contributed by atoms with Gasteiger partial charge < -0.3 is 5.73 Å². The largest absolute Gasteiger partial charge is 0.398 e. The fourth-order valence-corrected chi connectivity index (χ4v) is 3.76. The average Bonchev–Trinajstić information content (AvgIpc) is 2.74. The van der Waals surface area contributed by atoms with E-state index in [1.165, 1.54) is 12.8 Å². The number of benzene rings is 1. The molecule has 1 aliphatic carbocycles. The van der Waals surface area contributed by atoms with Gasteiger partial charge in [0, 0.05) is 10.1 Å². The summed E-state index contributed by atoms with van der Waals surface area (Å²) >= 11 is 5.91. The van der Waals surface area contributed by atoms with Crippen molar-refractivity contribution < 1.29 is 4.21 Å². The van der Waals surface area contributed by atoms with Crippen LogP contribution in [0.5, 0.6) is 0 Å². The normalized spacial score (nSPS) is 19.3. The highest BCUT2D eigenvalue weighted by Crippen LogP contribution is 2.29. The molecule has 2 rings (SSSR count). The molecule has 15 heavy (non-hydrogen) atoms. The Labute approximate surface area is 97.3 Å². The average molecular weight is 244 g/mol. The molecule has 2 N–H and O–H groups in total. The zero-order valence-corrected chi connectivity index (χ0v) is 9.98. The van der Waals surface area contributed by atoms with Crippen LogP contribution in [0.2, 0.25) is 5.02 Å². The summed E-state index contributed by atoms with van der Waals surface area (Å²) in [5, 5.41) is 0.809. The number of nitrogen functional groups attached to an aromatic ring is 1. The third kappa shape index (κ3) is 2.34. The first-order valence-corrected chi connectivity index (χ1v) is 6.73. The monoisotopic (exact) mass is 243 g/mol. The zero-order valence-electron chi connectivity index (χ0n) is 8.41. The van der Waals surface area contributed by atoms with Gasteiger partial charge in [-0.2, -0.15) is 0 Å². The number of halogens is 1. The first-order valence-electron chi connectivity index (χ1n) is 5.14. The predicted octanol–water partition coefficient (Wildman–Crippen LogP) is 2.97. The van der Waals surface area contributed by atoms with Gasteiger partial charge in [-0.15, -0.1) is 0 Å². The summed E-state index contributed by atoms with van der Waals surface area (Å²) in [5.41, 5.74) is 6.16. The molecule has 0 aliphatic heterocycles. The lowest BCUT2D eigenvalue weighted by atomic mass is 10.3. The molecule has 1 aromatic carbocycles. The van der Waals surface area contributed by atoms with Crippen molar-refractivity contribution in [2.24, 2.45) is 0 Å². The van der Waals surface area contributed by atoms with Crippen LogP contribution in [-0.4, -0.2) is 9.46 Å². The summed E-state index contributed by atoms with van der Waals surface area (Å²) in [6.07, 6.45) is 4.52. The summed E-state index contributed by atoms with van der Waals surface area (Å²) in [6, 6.07) is 5.27. The van der Waals surface area contributed by atoms with Gasteiger partial charge in [0.15, 0.2) is 0 Å². The summed E-state index contributed by atoms with van der Waals surface area (Å²) in [6.45, 7) is 0. The standard InChI is InChI=1S/C11H14ClNOS/c12-10-7-9(5-6-11(10)13)15(14)8-3-1-2-4-8/h5-8H,1-4,13H2. The van der Waals surface area contributed by atoms with Gasteiger partial charge in [0.1, 0.15) is 0 Å². The van der Waals surface area contributed by atoms with Gasteiger partial charge in [-0.1, -0.05) is 24.4 Å². The molecule has 2 nitrogen and oxygen atoms in total. The molecule has 1 saturated carbocycles. The van der Waals surface area contributed by atoms with Crippen molar-refractivity contribution in [1.29, 1.82) is 0 Å². The lowest BCUT2D eigenvalue weighted by Gasteiger charge is -2.09. The van der Waals surface area contributed by atoms with Crippen molar-refractivity contribution in [2.45, 2.75) is 35.8 Å². The number of rotatable bonds is 2. The van der Waals surface area contributed by atoms with Crippen LogP contribution in [0.3, 0.4) is 0 Å². The van der Waals surface area contributed by atoms with E-state index < -0.39 is 10.8 Å². The van der Waals surface area contributed by atoms with Crippen molar-refractivity contribution >= 4 is 28.1 Å². The molecule has 1 atom stereocenters. The van der Waals surface area contributed by atoms with Gasteiger partial charge >= 0.3 is 0 Å². The quantitative estimate of drug-likeness (QED) is 0.812. The van der Waals surface area contributed by atoms with E-state index in [-0.39, 0.29) is 0 Å². The molecule has 0 aromatic heterocycles. The van der Waals surface area contributed by atoms with Gasteiger partial charge in [-0.25, -0.2) is 0 Å². The van der Waals surface area contributed by atoms with E-state index in [1.54, 1.807) is 12.1 Å². The highest BCUT2D eigenvalue weighted by atomic mass is 35.5. The maximum atomic E-state index is 12.1. The summed E-state index contributed by atoms with van der Waals surface area (Å²) in [4.78, 5) is 0.807. The van der Waals surface area contributed by atoms with Gasteiger partial charge in [0.2, 0.25) is 0 Å². The molecule has 0 saturated heterocycles. The fourth-order valence-electron chi connectivity index (χ4n) is 1.93. The molecule has 0 spiro atoms. The maximum Gasteiger partial charge on any atom is 0.0647 e. The Balaban J connectivity index is 2.21. The van der Waals surface area contributed by atoms with E-state index in [4.69, 9.17) is 17.3 Å². The lowest BCUT2D eigenvalue weighted by Crippen LogP contribution is -2.10. The van der Waals surface area contributed by atoms with E-state index >= 15 is 0 Å². The van der Waals surface area contributed by atoms with Gasteiger partial charge in [0.25, 0.3) is 0 Å². The molecule has 0 bridgehead atoms. The molecule has 1 aromatic rings. The second-order valence-corrected chi connectivity index (χ2v) is 6.03. The first kappa shape index (κ1) is 11.0. The molecule has 1 unspecified atom stereocenters. The van der Waals surface area contributed by atoms with Gasteiger partial charge in [-0.3, -0.25) is 4.21 Å². The Morgan fingerprint density at radius 3 is 2.60 bits per heavy atom. The maximum absolute atomic E-state index is 12.1. The molecule has 0 radical (unpaired) electrons. The van der Waals surface area contributed by atoms with Gasteiger partial charge in [-0.05, 0) is 31.0 Å². The van der Waals surface area contributed by atoms with Gasteiger partial charge in [0.05, 0.1) is 21.5 Å². The number of hydrogen-bond acceptors (Lipinski definition) is 2. The van der Waals surface area contributed by atoms with Crippen LogP contribution < -0.4 is 5.73 Å². The van der Waals surface area contributed by atoms with Crippen LogP contribution in [-0.2, 0) is 10.8 Å². The molecular formula is C11H14ClNOS. The molecule has 0 heterocycles. The van der Waals surface area contributed by atoms with Crippen LogP contribution in [0, 0.1) is 0 Å². The smallest absolute Gasteiger partial charge is 0.0647 e. The third-order valence-corrected chi connectivity index (χ3v) is 4.93. The SMILES string of the molecule is Nc1ccc(S(=O)C2CCCC2)cc1Cl. The number of hydrogen-bond donors (Lipinski definition) is 1. The number of nitrogens with two attached hydrogens (primary N) is 1. The highest BCUT2D eigenvalue weighted by Gasteiger charge is 2.22. The Kier molecular flexibility index (Phi) is 3.32. The molecular weight excluding hydrogens is 230 g/mol. The predicted molar refractivity (Wildman–Crippen MR) is 64.5 cm³/mol. The first-order chi connectivity index (χ1) is 7.18. The van der Waals surface area contributed by atoms with Crippen LogP contribution in [0.15, 0.2) is 23.1 Å². The lowest BCUT2D eigenvalue weighted by molar-refractivity contribution is 0.669. The Morgan fingerprint density at radius 2 is 2.00 bits per heavy atom. The summed E-state index contributed by atoms with van der Waals surface area (Å²) in [5.74, 6) is 0. The highest BCUT2D eigenvalue weighted by molar-refractivity contribution is 7.85. The van der Waals surface area contributed by atoms with Crippen molar-refractivity contribution in [3.63, 3.8) is 0 Å². The topological polar surface area (TPSA) is 43.1 Å². The molecule has 82 valence electrons. The van der Waals surface area contributed by atoms with Crippen molar-refractivity contribution in [3.05, 3.63) is 23.2 Å². The summed E-state index contributed by atoms with van der Waals surface area (Å²) in [7, 11) is -0.917. The number of anilines is 1. The molecule has 0 amide bonds. The van der Waals surface area contributed by atoms with Crippen molar-refractivity contribution in [1.82, 2.24) is 0 Å². The minimum absolute atomic E-state index is 0.310. The third-order valence-electron chi connectivity index (χ3n) is 2.81. The van der Waals surface area contributed by atoms with Crippen LogP contribution >= 0.6 is 11.6 Å². The van der Waals surface area contributed by atoms with E-state index in [1.807, 2.05) is 6.07 Å². The second-order valence-electron chi connectivity index (χ2n) is 3.89. The minimum Gasteiger partial charge on any atom is -0.398 e. The Hall–Kier alpha value is -0.540. The van der Waals surface area contributed by atoms with E-state index in [9.17, 15) is 4.21 Å². The fraction of sp³-hybridized carbons (Fsp3) is 0.455. The Morgan fingerprint density at radius 1 is 1.33 bits per heavy atom. The molecule has 1 aliphatic rings. The van der Waals surface area contributed by atoms with E-state index in [0.29, 0.717) is 16.0 Å². The molecule has 1 fully saturated rings. The van der Waals surface area contributed by atoms with Crippen LogP contribution in [0.4, 0.5) is 5.69 Å². The van der Waals surface area contributed by atoms with Crippen molar-refractivity contribution in [3.8, 4) is 0 Å². The minimum atomic E-state index is -0.917. The van der Waals surface area contributed by atoms with E-state index in [0.717, 1.165) is 17.7 Å². The van der Waals surface area contributed by atoms with Crippen LogP contribution in [0.1, 0.15) is 25.7 Å². The zero-order chi connectivity index (χ0) is 10.8. The Bertz CT molecular complexity index is 388.